The van der Waals surface area contributed by atoms with Crippen molar-refractivity contribution in [3.05, 3.63) is 0 Å². The van der Waals surface area contributed by atoms with E-state index >= 15 is 0 Å². The highest BCUT2D eigenvalue weighted by Gasteiger charge is 2.70. The molecule has 2 atom stereocenters. The van der Waals surface area contributed by atoms with Gasteiger partial charge in [-0.15, -0.1) is 0 Å². The first-order chi connectivity index (χ1) is 6.74. The second kappa shape index (κ2) is 3.34. The average Bonchev–Trinajstić information content (AvgIpc) is 2.53. The van der Waals surface area contributed by atoms with E-state index in [0.717, 1.165) is 0 Å². The fraction of sp³-hybridized carbons (Fsp3) is 1.00. The topological polar surface area (TPSA) is 23.1 Å². The van der Waals surface area contributed by atoms with Crippen LogP contribution in [0.1, 0.15) is 62.3 Å². The highest BCUT2D eigenvalue weighted by atomic mass is 31.2. The van der Waals surface area contributed by atoms with Crippen molar-refractivity contribution in [2.24, 2.45) is 0 Å². The zero-order valence-corrected chi connectivity index (χ0v) is 13.1. The molecule has 1 aliphatic heterocycles. The first-order valence-electron chi connectivity index (χ1n) is 5.95. The molecule has 1 fully saturated rings. The molecule has 0 radical (unpaired) electrons. The van der Waals surface area contributed by atoms with Crippen LogP contribution in [-0.4, -0.2) is 25.8 Å². The normalized spacial score (nSPS) is 36.3. The monoisotopic (exact) mass is 246 g/mol. The van der Waals surface area contributed by atoms with Crippen molar-refractivity contribution < 1.29 is 4.57 Å². The third kappa shape index (κ3) is 1.98. The quantitative estimate of drug-likeness (QED) is 0.474. The molecule has 0 aromatic carbocycles. The Morgan fingerprint density at radius 2 is 0.938 bits per heavy atom. The maximum atomic E-state index is 13.2. The van der Waals surface area contributed by atoms with Crippen LogP contribution in [0.5, 0.6) is 0 Å². The smallest absolute Gasteiger partial charge is 0.249 e. The van der Waals surface area contributed by atoms with Gasteiger partial charge in [0.05, 0.1) is 0 Å². The number of nitrogens with zero attached hydrogens (tertiary/aromatic N) is 2. The molecule has 3 nitrogen and oxygen atoms in total. The van der Waals surface area contributed by atoms with Gasteiger partial charge in [0.2, 0.25) is 7.44 Å². The van der Waals surface area contributed by atoms with E-state index in [-0.39, 0.29) is 16.2 Å². The minimum absolute atomic E-state index is 0.0733. The maximum absolute atomic E-state index is 13.2. The molecule has 0 spiro atoms. The summed E-state index contributed by atoms with van der Waals surface area (Å²) in [6, 6.07) is 0. The van der Waals surface area contributed by atoms with Gasteiger partial charge in [-0.25, -0.2) is 0 Å². The van der Waals surface area contributed by atoms with E-state index in [0.29, 0.717) is 0 Å². The molecule has 1 heterocycles. The molecule has 0 N–H and O–H groups in total. The summed E-state index contributed by atoms with van der Waals surface area (Å²) in [6.07, 6.45) is 0. The summed E-state index contributed by atoms with van der Waals surface area (Å²) in [6.45, 7) is 18.9. The zero-order valence-electron chi connectivity index (χ0n) is 12.2. The van der Waals surface area contributed by atoms with Crippen molar-refractivity contribution in [2.45, 2.75) is 78.5 Å². The summed E-state index contributed by atoms with van der Waals surface area (Å²) in [4.78, 5) is 0. The van der Waals surface area contributed by atoms with Gasteiger partial charge in [-0.1, -0.05) is 20.8 Å². The number of hydrogen-bond donors (Lipinski definition) is 0. The van der Waals surface area contributed by atoms with Gasteiger partial charge in [-0.2, -0.15) is 9.56 Å². The molecule has 16 heavy (non-hydrogen) atoms. The molecule has 4 heteroatoms. The van der Waals surface area contributed by atoms with Gasteiger partial charge in [0.15, 0.2) is 0 Å². The maximum Gasteiger partial charge on any atom is 0.249 e. The predicted molar refractivity (Wildman–Crippen MR) is 70.5 cm³/mol. The molecule has 2 unspecified atom stereocenters. The van der Waals surface area contributed by atoms with E-state index in [1.54, 1.807) is 0 Å². The minimum Gasteiger partial charge on any atom is -0.286 e. The number of rotatable bonds is 0. The van der Waals surface area contributed by atoms with Gasteiger partial charge in [0.25, 0.3) is 0 Å². The van der Waals surface area contributed by atoms with Crippen molar-refractivity contribution in [2.75, 3.05) is 0 Å². The van der Waals surface area contributed by atoms with Crippen molar-refractivity contribution in [1.29, 1.82) is 0 Å². The Labute approximate surface area is 101 Å². The standard InChI is InChI=1S/C12H27N2OP/c1-10(2,3)13-14(11(4,5)6)16(13,15)12(7,8)9/h1-9H3. The molecule has 0 aliphatic carbocycles. The molecule has 0 saturated carbocycles. The second-order valence-electron chi connectivity index (χ2n) is 7.64. The molecule has 0 amide bonds. The van der Waals surface area contributed by atoms with E-state index in [1.165, 1.54) is 0 Å². The predicted octanol–water partition coefficient (Wildman–Crippen LogP) is 4.11. The van der Waals surface area contributed by atoms with Crippen LogP contribution in [0.4, 0.5) is 0 Å². The highest BCUT2D eigenvalue weighted by molar-refractivity contribution is 7.66. The van der Waals surface area contributed by atoms with Crippen LogP contribution in [0.15, 0.2) is 0 Å². The Kier molecular flexibility index (Phi) is 2.96. The second-order valence-corrected chi connectivity index (χ2v) is 10.8. The lowest BCUT2D eigenvalue weighted by Gasteiger charge is -2.25. The molecular weight excluding hydrogens is 219 g/mol. The Morgan fingerprint density at radius 3 is 1.00 bits per heavy atom. The summed E-state index contributed by atoms with van der Waals surface area (Å²) in [5.41, 5.74) is -0.147. The van der Waals surface area contributed by atoms with Gasteiger partial charge in [0.1, 0.15) is 0 Å². The first kappa shape index (κ1) is 14.2. The van der Waals surface area contributed by atoms with E-state index in [2.05, 4.69) is 71.9 Å². The van der Waals surface area contributed by atoms with Crippen LogP contribution in [0.3, 0.4) is 0 Å². The van der Waals surface area contributed by atoms with Gasteiger partial charge >= 0.3 is 0 Å². The third-order valence-electron chi connectivity index (χ3n) is 2.74. The Bertz CT molecular complexity index is 306. The fourth-order valence-corrected chi connectivity index (χ4v) is 6.01. The van der Waals surface area contributed by atoms with Gasteiger partial charge in [0, 0.05) is 16.2 Å². The molecule has 1 aliphatic rings. The van der Waals surface area contributed by atoms with E-state index in [9.17, 15) is 4.57 Å². The van der Waals surface area contributed by atoms with Crippen LogP contribution in [0.2, 0.25) is 0 Å². The fourth-order valence-electron chi connectivity index (χ4n) is 2.13. The number of hydrazine groups is 1. The zero-order chi connectivity index (χ0) is 13.2. The molecule has 0 aromatic heterocycles. The van der Waals surface area contributed by atoms with Gasteiger partial charge in [-0.3, -0.25) is 4.57 Å². The summed E-state index contributed by atoms with van der Waals surface area (Å²) in [7, 11) is -2.40. The van der Waals surface area contributed by atoms with Crippen LogP contribution in [0.25, 0.3) is 0 Å². The Hall–Kier alpha value is 0.150. The van der Waals surface area contributed by atoms with E-state index in [4.69, 9.17) is 0 Å². The van der Waals surface area contributed by atoms with Gasteiger partial charge < -0.3 is 0 Å². The van der Waals surface area contributed by atoms with E-state index in [1.807, 2.05) is 0 Å². The SMILES string of the molecule is CC(C)(C)N1N(C(C)(C)C)P1(=O)C(C)(C)C. The molecule has 0 aromatic rings. The number of hydrogen-bond acceptors (Lipinski definition) is 1. The van der Waals surface area contributed by atoms with Crippen molar-refractivity contribution in [1.82, 2.24) is 9.56 Å². The first-order valence-corrected chi connectivity index (χ1v) is 7.57. The molecule has 1 rings (SSSR count). The Morgan fingerprint density at radius 1 is 0.688 bits per heavy atom. The largest absolute Gasteiger partial charge is 0.286 e. The van der Waals surface area contributed by atoms with Crippen molar-refractivity contribution >= 4 is 7.44 Å². The molecule has 0 bridgehead atoms. The molecule has 96 valence electrons. The summed E-state index contributed by atoms with van der Waals surface area (Å²) in [5.74, 6) is 0. The lowest BCUT2D eigenvalue weighted by Crippen LogP contribution is -2.36. The van der Waals surface area contributed by atoms with Crippen LogP contribution >= 0.6 is 7.44 Å². The summed E-state index contributed by atoms with van der Waals surface area (Å²) < 4.78 is 17.3. The van der Waals surface area contributed by atoms with Crippen molar-refractivity contribution in [3.8, 4) is 0 Å². The molecule has 1 saturated heterocycles. The van der Waals surface area contributed by atoms with Crippen LogP contribution in [0, 0.1) is 0 Å². The minimum atomic E-state index is -2.40. The van der Waals surface area contributed by atoms with Crippen molar-refractivity contribution in [3.63, 3.8) is 0 Å². The molecular formula is C12H27N2OP. The third-order valence-corrected chi connectivity index (χ3v) is 6.91. The Balaban J connectivity index is 3.19. The average molecular weight is 246 g/mol. The van der Waals surface area contributed by atoms with Gasteiger partial charge in [-0.05, 0) is 41.5 Å². The summed E-state index contributed by atoms with van der Waals surface area (Å²) >= 11 is 0. The van der Waals surface area contributed by atoms with Crippen LogP contribution in [-0.2, 0) is 4.57 Å². The lowest BCUT2D eigenvalue weighted by molar-refractivity contribution is 0.110. The lowest BCUT2D eigenvalue weighted by atomic mass is 10.1. The van der Waals surface area contributed by atoms with E-state index < -0.39 is 7.44 Å². The highest BCUT2D eigenvalue weighted by Crippen LogP contribution is 2.82. The van der Waals surface area contributed by atoms with Crippen LogP contribution < -0.4 is 0 Å². The summed E-state index contributed by atoms with van der Waals surface area (Å²) in [5, 5.41) is -0.187.